The van der Waals surface area contributed by atoms with Gasteiger partial charge in [0.15, 0.2) is 0 Å². The molecule has 2 aromatic carbocycles. The zero-order valence-corrected chi connectivity index (χ0v) is 12.1. The normalized spacial score (nSPS) is 12.2. The third kappa shape index (κ3) is 3.41. The smallest absolute Gasteiger partial charge is 0.125 e. The molecule has 0 saturated carbocycles. The number of hydrogen-bond acceptors (Lipinski definition) is 2. The summed E-state index contributed by atoms with van der Waals surface area (Å²) in [6.45, 7) is 0. The molecule has 0 aliphatic heterocycles. The molecule has 0 aliphatic rings. The highest BCUT2D eigenvalue weighted by Gasteiger charge is 2.14. The molecule has 2 nitrogen and oxygen atoms in total. The van der Waals surface area contributed by atoms with E-state index in [1.165, 1.54) is 0 Å². The fourth-order valence-electron chi connectivity index (χ4n) is 2.00. The first-order chi connectivity index (χ1) is 9.11. The van der Waals surface area contributed by atoms with Crippen molar-refractivity contribution < 1.29 is 4.74 Å². The second kappa shape index (κ2) is 6.29. The molecule has 0 fully saturated rings. The van der Waals surface area contributed by atoms with Crippen LogP contribution in [0.4, 0.5) is 0 Å². The Morgan fingerprint density at radius 1 is 1.16 bits per heavy atom. The van der Waals surface area contributed by atoms with Gasteiger partial charge in [-0.3, -0.25) is 0 Å². The first-order valence-corrected chi connectivity index (χ1v) is 6.70. The standard InChI is InChI=1S/C15H15Cl2NO/c1-19-15-9-11(16)6-7-12(15)14(18)8-10-4-2-3-5-13(10)17/h2-7,9,14H,8,18H2,1H3. The van der Waals surface area contributed by atoms with Crippen LogP contribution in [-0.2, 0) is 6.42 Å². The molecule has 2 N–H and O–H groups in total. The quantitative estimate of drug-likeness (QED) is 0.915. The fraction of sp³-hybridized carbons (Fsp3) is 0.200. The van der Waals surface area contributed by atoms with Crippen molar-refractivity contribution in [3.63, 3.8) is 0 Å². The third-order valence-electron chi connectivity index (χ3n) is 2.99. The largest absolute Gasteiger partial charge is 0.496 e. The van der Waals surface area contributed by atoms with Gasteiger partial charge in [0, 0.05) is 21.7 Å². The zero-order chi connectivity index (χ0) is 13.8. The Hall–Kier alpha value is -1.22. The van der Waals surface area contributed by atoms with Gasteiger partial charge in [0.05, 0.1) is 7.11 Å². The summed E-state index contributed by atoms with van der Waals surface area (Å²) < 4.78 is 5.32. The molecule has 0 spiro atoms. The van der Waals surface area contributed by atoms with Gasteiger partial charge in [0.2, 0.25) is 0 Å². The molecule has 0 bridgehead atoms. The molecule has 0 saturated heterocycles. The molecule has 0 amide bonds. The van der Waals surface area contributed by atoms with Crippen molar-refractivity contribution in [3.05, 3.63) is 63.6 Å². The van der Waals surface area contributed by atoms with Gasteiger partial charge in [0.25, 0.3) is 0 Å². The maximum absolute atomic E-state index is 6.24. The van der Waals surface area contributed by atoms with E-state index in [9.17, 15) is 0 Å². The van der Waals surface area contributed by atoms with Gasteiger partial charge in [0.1, 0.15) is 5.75 Å². The topological polar surface area (TPSA) is 35.2 Å². The van der Waals surface area contributed by atoms with E-state index in [0.717, 1.165) is 16.1 Å². The van der Waals surface area contributed by atoms with Gasteiger partial charge < -0.3 is 10.5 Å². The third-order valence-corrected chi connectivity index (χ3v) is 3.60. The van der Waals surface area contributed by atoms with E-state index in [4.69, 9.17) is 33.7 Å². The summed E-state index contributed by atoms with van der Waals surface area (Å²) in [6.07, 6.45) is 0.650. The lowest BCUT2D eigenvalue weighted by Crippen LogP contribution is -2.14. The molecule has 1 atom stereocenters. The van der Waals surface area contributed by atoms with Gasteiger partial charge in [-0.1, -0.05) is 47.5 Å². The van der Waals surface area contributed by atoms with Crippen molar-refractivity contribution in [3.8, 4) is 5.75 Å². The van der Waals surface area contributed by atoms with Gasteiger partial charge >= 0.3 is 0 Å². The molecule has 4 heteroatoms. The number of hydrogen-bond donors (Lipinski definition) is 1. The van der Waals surface area contributed by atoms with E-state index in [-0.39, 0.29) is 6.04 Å². The minimum Gasteiger partial charge on any atom is -0.496 e. The van der Waals surface area contributed by atoms with Crippen LogP contribution in [-0.4, -0.2) is 7.11 Å². The predicted octanol–water partition coefficient (Wildman–Crippen LogP) is 4.24. The van der Waals surface area contributed by atoms with E-state index >= 15 is 0 Å². The van der Waals surface area contributed by atoms with Crippen molar-refractivity contribution in [1.82, 2.24) is 0 Å². The average Bonchev–Trinajstić information content (AvgIpc) is 2.41. The lowest BCUT2D eigenvalue weighted by atomic mass is 9.99. The number of halogens is 2. The van der Waals surface area contributed by atoms with Crippen LogP contribution in [0.1, 0.15) is 17.2 Å². The molecule has 2 aromatic rings. The maximum Gasteiger partial charge on any atom is 0.125 e. The highest BCUT2D eigenvalue weighted by molar-refractivity contribution is 6.31. The Morgan fingerprint density at radius 2 is 1.89 bits per heavy atom. The van der Waals surface area contributed by atoms with E-state index in [0.29, 0.717) is 17.2 Å². The van der Waals surface area contributed by atoms with E-state index < -0.39 is 0 Å². The summed E-state index contributed by atoms with van der Waals surface area (Å²) in [5.74, 6) is 0.701. The molecule has 0 radical (unpaired) electrons. The Kier molecular flexibility index (Phi) is 4.70. The van der Waals surface area contributed by atoms with Crippen molar-refractivity contribution in [2.24, 2.45) is 5.73 Å². The maximum atomic E-state index is 6.24. The second-order valence-electron chi connectivity index (χ2n) is 4.29. The summed E-state index contributed by atoms with van der Waals surface area (Å²) >= 11 is 12.1. The minimum absolute atomic E-state index is 0.188. The van der Waals surface area contributed by atoms with Crippen LogP contribution in [0, 0.1) is 0 Å². The highest BCUT2D eigenvalue weighted by Crippen LogP contribution is 2.30. The van der Waals surface area contributed by atoms with E-state index in [1.54, 1.807) is 13.2 Å². The van der Waals surface area contributed by atoms with Crippen LogP contribution in [0.2, 0.25) is 10.0 Å². The number of ether oxygens (including phenoxy) is 1. The molecular weight excluding hydrogens is 281 g/mol. The Morgan fingerprint density at radius 3 is 2.58 bits per heavy atom. The summed E-state index contributed by atoms with van der Waals surface area (Å²) in [7, 11) is 1.61. The number of methoxy groups -OCH3 is 1. The minimum atomic E-state index is -0.188. The first-order valence-electron chi connectivity index (χ1n) is 5.94. The SMILES string of the molecule is COc1cc(Cl)ccc1C(N)Cc1ccccc1Cl. The number of rotatable bonds is 4. The van der Waals surface area contributed by atoms with Crippen LogP contribution < -0.4 is 10.5 Å². The number of benzene rings is 2. The van der Waals surface area contributed by atoms with Crippen LogP contribution in [0.25, 0.3) is 0 Å². The van der Waals surface area contributed by atoms with Crippen LogP contribution in [0.5, 0.6) is 5.75 Å². The summed E-state index contributed by atoms with van der Waals surface area (Å²) in [5.41, 5.74) is 8.19. The lowest BCUT2D eigenvalue weighted by Gasteiger charge is -2.16. The van der Waals surface area contributed by atoms with Gasteiger partial charge in [-0.25, -0.2) is 0 Å². The summed E-state index contributed by atoms with van der Waals surface area (Å²) in [4.78, 5) is 0. The Labute approximate surface area is 123 Å². The van der Waals surface area contributed by atoms with Gasteiger partial charge in [-0.2, -0.15) is 0 Å². The predicted molar refractivity (Wildman–Crippen MR) is 80.1 cm³/mol. The van der Waals surface area contributed by atoms with Crippen molar-refractivity contribution in [2.75, 3.05) is 7.11 Å². The fourth-order valence-corrected chi connectivity index (χ4v) is 2.38. The van der Waals surface area contributed by atoms with Crippen molar-refractivity contribution in [1.29, 1.82) is 0 Å². The monoisotopic (exact) mass is 295 g/mol. The molecule has 2 rings (SSSR count). The van der Waals surface area contributed by atoms with E-state index in [2.05, 4.69) is 0 Å². The molecule has 100 valence electrons. The van der Waals surface area contributed by atoms with Crippen LogP contribution in [0.3, 0.4) is 0 Å². The molecular formula is C15H15Cl2NO. The molecule has 19 heavy (non-hydrogen) atoms. The zero-order valence-electron chi connectivity index (χ0n) is 10.6. The van der Waals surface area contributed by atoms with Crippen LogP contribution in [0.15, 0.2) is 42.5 Å². The van der Waals surface area contributed by atoms with Crippen molar-refractivity contribution >= 4 is 23.2 Å². The lowest BCUT2D eigenvalue weighted by molar-refractivity contribution is 0.405. The summed E-state index contributed by atoms with van der Waals surface area (Å²) in [5, 5.41) is 1.36. The van der Waals surface area contributed by atoms with Crippen molar-refractivity contribution in [2.45, 2.75) is 12.5 Å². The first kappa shape index (κ1) is 14.2. The molecule has 0 aromatic heterocycles. The van der Waals surface area contributed by atoms with E-state index in [1.807, 2.05) is 36.4 Å². The van der Waals surface area contributed by atoms with Gasteiger partial charge in [-0.05, 0) is 30.2 Å². The molecule has 1 unspecified atom stereocenters. The second-order valence-corrected chi connectivity index (χ2v) is 5.13. The Balaban J connectivity index is 2.25. The highest BCUT2D eigenvalue weighted by atomic mass is 35.5. The Bertz CT molecular complexity index is 572. The van der Waals surface area contributed by atoms with Crippen LogP contribution >= 0.6 is 23.2 Å². The molecule has 0 aliphatic carbocycles. The average molecular weight is 296 g/mol. The number of nitrogens with two attached hydrogens (primary N) is 1. The summed E-state index contributed by atoms with van der Waals surface area (Å²) in [6, 6.07) is 13.0. The van der Waals surface area contributed by atoms with Gasteiger partial charge in [-0.15, -0.1) is 0 Å². The molecule has 0 heterocycles.